The van der Waals surface area contributed by atoms with Crippen molar-refractivity contribution in [3.63, 3.8) is 0 Å². The SMILES string of the molecule is C#Cc1ccc(C2CCN(C(=O)c3ccc(C)c(CC4=Nc5nc(NC(C)C)ccc5C4)c3)CC2)cc1.C#Cc1ccc(C2CCN(C(=O)c3ccc(C)c(Cc4ccc(C(=O)CC(C)C)cn4)c3)CC2)cc1.C#Cc1ccc(C2CCN(C(=O)c3ccc(C)c(Cc4nnc(-c5ccncc5)o4)c3)CC2)cc1. The number of carbonyl (C=O) groups excluding carboxylic acids is 4. The van der Waals surface area contributed by atoms with Gasteiger partial charge >= 0.3 is 0 Å². The van der Waals surface area contributed by atoms with Crippen LogP contribution in [0.4, 0.5) is 11.6 Å². The molecule has 15 nitrogen and oxygen atoms in total. The van der Waals surface area contributed by atoms with E-state index in [1.165, 1.54) is 22.3 Å². The van der Waals surface area contributed by atoms with E-state index in [2.05, 4.69) is 131 Å². The van der Waals surface area contributed by atoms with Gasteiger partial charge in [-0.2, -0.15) is 0 Å². The first kappa shape index (κ1) is 75.8. The van der Waals surface area contributed by atoms with Crippen LogP contribution in [-0.4, -0.2) is 114 Å². The average Bonchev–Trinajstić information content (AvgIpc) is 1.26. The van der Waals surface area contributed by atoms with Gasteiger partial charge in [-0.15, -0.1) is 29.5 Å². The van der Waals surface area contributed by atoms with E-state index >= 15 is 0 Å². The number of carbonyl (C=O) groups is 4. The van der Waals surface area contributed by atoms with Gasteiger partial charge in [0.25, 0.3) is 17.7 Å². The average molecular weight is 1430 g/mol. The molecule has 108 heavy (non-hydrogen) atoms. The second kappa shape index (κ2) is 35.5. The maximum atomic E-state index is 13.4. The lowest BCUT2D eigenvalue weighted by molar-refractivity contribution is 0.0705. The number of Topliss-reactive ketones (excluding diaryl/α,β-unsaturated/α-hetero) is 1. The Balaban J connectivity index is 0.000000151. The Hall–Kier alpha value is -11.9. The number of aliphatic imine (C=N–C) groups is 1. The molecule has 546 valence electrons. The minimum Gasteiger partial charge on any atom is -0.420 e. The lowest BCUT2D eigenvalue weighted by atomic mass is 9.88. The third-order valence-corrected chi connectivity index (χ3v) is 21.1. The first-order valence-corrected chi connectivity index (χ1v) is 37.7. The normalized spacial score (nSPS) is 14.5. The number of fused-ring (bicyclic) bond motifs is 1. The van der Waals surface area contributed by atoms with E-state index in [9.17, 15) is 19.2 Å². The molecule has 0 unspecified atom stereocenters. The fraction of sp³-hybridized carbons (Fsp3) is 0.312. The number of hydrogen-bond donors (Lipinski definition) is 1. The van der Waals surface area contributed by atoms with Gasteiger partial charge in [-0.05, 0) is 250 Å². The number of benzene rings is 6. The van der Waals surface area contributed by atoms with Crippen molar-refractivity contribution in [1.82, 2.24) is 39.8 Å². The molecule has 4 aliphatic rings. The summed E-state index contributed by atoms with van der Waals surface area (Å²) in [5.41, 5.74) is 20.0. The lowest BCUT2D eigenvalue weighted by Gasteiger charge is -2.32. The highest BCUT2D eigenvalue weighted by Gasteiger charge is 2.29. The molecule has 0 bridgehead atoms. The van der Waals surface area contributed by atoms with Crippen molar-refractivity contribution in [1.29, 1.82) is 0 Å². The summed E-state index contributed by atoms with van der Waals surface area (Å²) >= 11 is 0. The molecule has 4 aromatic heterocycles. The minimum absolute atomic E-state index is 0.0652. The molecule has 3 amide bonds. The smallest absolute Gasteiger partial charge is 0.253 e. The number of anilines is 1. The number of rotatable bonds is 18. The zero-order valence-corrected chi connectivity index (χ0v) is 63.0. The van der Waals surface area contributed by atoms with Gasteiger partial charge in [0.15, 0.2) is 11.6 Å². The third kappa shape index (κ3) is 19.4. The second-order valence-electron chi connectivity index (χ2n) is 29.6. The van der Waals surface area contributed by atoms with Crippen LogP contribution < -0.4 is 5.32 Å². The first-order valence-electron chi connectivity index (χ1n) is 37.7. The standard InChI is InChI=1S/C32H34N4O.C32H34N2O2.C29H26N4O2/c1-5-23-7-10-24(11-8-23)25-14-16-36(17-15-25)32(37)27-9-6-22(4)28(18-27)20-29-19-26-12-13-30(33-21(2)3)35-31(26)34-29;1-5-24-7-10-25(11-8-24)26-14-16-34(17-15-26)32(36)27-9-6-23(4)29(19-27)20-30-13-12-28(21-33-30)31(35)18-22(2)3;1-3-21-5-8-22(9-6-21)23-12-16-33(17-13-23)29(34)25-7-4-20(2)26(18-25)19-27-31-32-28(35-27)24-10-14-30-15-11-24/h1,6-13,18,21,25H,14-17,19-20H2,2-4H3,(H,33,35);1,6-13,19,21-22,26H,14-18,20H2,2-4H3;1,4-11,14-15,18,23H,12-13,16-17,19H2,2H3. The summed E-state index contributed by atoms with van der Waals surface area (Å²) < 4.78 is 5.86. The molecular weight excluding hydrogens is 1340 g/mol. The fourth-order valence-electron chi connectivity index (χ4n) is 14.6. The van der Waals surface area contributed by atoms with Crippen molar-refractivity contribution in [3.05, 3.63) is 289 Å². The Morgan fingerprint density at radius 3 is 1.36 bits per heavy atom. The largest absolute Gasteiger partial charge is 0.420 e. The molecule has 6 aromatic carbocycles. The molecule has 0 saturated carbocycles. The van der Waals surface area contributed by atoms with Crippen LogP contribution in [0, 0.1) is 63.7 Å². The predicted molar refractivity (Wildman–Crippen MR) is 429 cm³/mol. The number of hydrogen-bond acceptors (Lipinski definition) is 12. The highest BCUT2D eigenvalue weighted by molar-refractivity contribution is 5.98. The van der Waals surface area contributed by atoms with E-state index in [1.807, 2.05) is 145 Å². The van der Waals surface area contributed by atoms with E-state index in [-0.39, 0.29) is 23.5 Å². The van der Waals surface area contributed by atoms with Crippen LogP contribution in [-0.2, 0) is 25.7 Å². The van der Waals surface area contributed by atoms with Crippen LogP contribution in [0.5, 0.6) is 0 Å². The Bertz CT molecular complexity index is 5000. The van der Waals surface area contributed by atoms with E-state index in [0.29, 0.717) is 71.9 Å². The molecule has 14 rings (SSSR count). The van der Waals surface area contributed by atoms with Gasteiger partial charge in [-0.3, -0.25) is 29.1 Å². The Morgan fingerprint density at radius 1 is 0.509 bits per heavy atom. The van der Waals surface area contributed by atoms with Crippen LogP contribution in [0.25, 0.3) is 11.5 Å². The van der Waals surface area contributed by atoms with Gasteiger partial charge < -0.3 is 24.4 Å². The number of aryl methyl sites for hydroxylation is 3. The summed E-state index contributed by atoms with van der Waals surface area (Å²) in [6, 6.07) is 54.5. The van der Waals surface area contributed by atoms with Gasteiger partial charge in [0, 0.05) is 151 Å². The zero-order valence-electron chi connectivity index (χ0n) is 63.0. The van der Waals surface area contributed by atoms with Crippen LogP contribution >= 0.6 is 0 Å². The van der Waals surface area contributed by atoms with Crippen molar-refractivity contribution in [2.24, 2.45) is 10.9 Å². The number of ketones is 1. The molecule has 10 aromatic rings. The summed E-state index contributed by atoms with van der Waals surface area (Å²) in [5, 5.41) is 11.7. The van der Waals surface area contributed by atoms with Gasteiger partial charge in [-0.25, -0.2) is 9.98 Å². The van der Waals surface area contributed by atoms with Crippen LogP contribution in [0.1, 0.15) is 216 Å². The summed E-state index contributed by atoms with van der Waals surface area (Å²) in [6.45, 7) is 19.0. The summed E-state index contributed by atoms with van der Waals surface area (Å²) in [6.07, 6.45) is 30.4. The first-order chi connectivity index (χ1) is 52.3. The topological polar surface area (TPSA) is 180 Å². The molecule has 0 radical (unpaired) electrons. The minimum atomic E-state index is 0.0652. The van der Waals surface area contributed by atoms with Gasteiger partial charge in [0.1, 0.15) is 5.82 Å². The Kier molecular flexibility index (Phi) is 24.9. The van der Waals surface area contributed by atoms with Gasteiger partial charge in [-0.1, -0.05) is 92.3 Å². The van der Waals surface area contributed by atoms with E-state index in [4.69, 9.17) is 28.7 Å². The summed E-state index contributed by atoms with van der Waals surface area (Å²) in [5.74, 6) is 12.7. The van der Waals surface area contributed by atoms with Crippen molar-refractivity contribution in [2.45, 2.75) is 143 Å². The number of amides is 3. The number of terminal acetylenes is 3. The quantitative estimate of drug-likeness (QED) is 0.0638. The van der Waals surface area contributed by atoms with Crippen LogP contribution in [0.15, 0.2) is 192 Å². The Labute approximate surface area is 636 Å². The number of aromatic nitrogens is 5. The van der Waals surface area contributed by atoms with E-state index in [0.717, 1.165) is 180 Å². The zero-order chi connectivity index (χ0) is 75.8. The number of pyridine rings is 3. The molecule has 15 heteroatoms. The maximum Gasteiger partial charge on any atom is 0.253 e. The van der Waals surface area contributed by atoms with Crippen LogP contribution in [0.2, 0.25) is 0 Å². The summed E-state index contributed by atoms with van der Waals surface area (Å²) in [7, 11) is 0. The fourth-order valence-corrected chi connectivity index (χ4v) is 14.6. The van der Waals surface area contributed by atoms with Gasteiger partial charge in [0.2, 0.25) is 11.8 Å². The lowest BCUT2D eigenvalue weighted by Crippen LogP contribution is -2.38. The molecule has 3 fully saturated rings. The molecule has 8 heterocycles. The highest BCUT2D eigenvalue weighted by atomic mass is 16.4. The molecule has 3 saturated heterocycles. The van der Waals surface area contributed by atoms with Crippen molar-refractivity contribution >= 4 is 40.9 Å². The monoisotopic (exact) mass is 1430 g/mol. The van der Waals surface area contributed by atoms with Crippen molar-refractivity contribution in [2.75, 3.05) is 44.6 Å². The number of piperidine rings is 3. The molecule has 4 aliphatic heterocycles. The van der Waals surface area contributed by atoms with E-state index in [1.54, 1.807) is 18.6 Å². The van der Waals surface area contributed by atoms with Crippen molar-refractivity contribution < 1.29 is 23.6 Å². The number of nitrogens with one attached hydrogen (secondary N) is 1. The number of nitrogens with zero attached hydrogens (tertiary/aromatic N) is 9. The molecule has 0 aliphatic carbocycles. The maximum absolute atomic E-state index is 13.4. The predicted octanol–water partition coefficient (Wildman–Crippen LogP) is 17.3. The third-order valence-electron chi connectivity index (χ3n) is 21.1. The summed E-state index contributed by atoms with van der Waals surface area (Å²) in [4.78, 5) is 76.2. The number of likely N-dealkylation sites (tertiary alicyclic amines) is 3. The van der Waals surface area contributed by atoms with Crippen molar-refractivity contribution in [3.8, 4) is 48.5 Å². The Morgan fingerprint density at radius 2 is 0.944 bits per heavy atom. The second-order valence-corrected chi connectivity index (χ2v) is 29.6. The van der Waals surface area contributed by atoms with Crippen LogP contribution in [0.3, 0.4) is 0 Å². The molecular formula is C93H94N10O5. The highest BCUT2D eigenvalue weighted by Crippen LogP contribution is 2.35. The molecule has 0 spiro atoms. The van der Waals surface area contributed by atoms with Gasteiger partial charge in [0.05, 0.1) is 6.42 Å². The van der Waals surface area contributed by atoms with E-state index < -0.39 is 0 Å². The molecule has 1 N–H and O–H groups in total. The molecule has 0 atom stereocenters.